The number of aromatic amines is 1. The smallest absolute Gasteiger partial charge is 0.208 e. The van der Waals surface area contributed by atoms with E-state index in [1.807, 2.05) is 41.1 Å². The van der Waals surface area contributed by atoms with Crippen molar-refractivity contribution in [3.8, 4) is 16.9 Å². The van der Waals surface area contributed by atoms with Gasteiger partial charge in [0, 0.05) is 29.0 Å². The molecule has 6 heteroatoms. The first-order valence-corrected chi connectivity index (χ1v) is 10.1. The van der Waals surface area contributed by atoms with E-state index in [4.69, 9.17) is 5.10 Å². The predicted molar refractivity (Wildman–Crippen MR) is 107 cm³/mol. The van der Waals surface area contributed by atoms with E-state index in [2.05, 4.69) is 45.6 Å². The number of nitrogens with zero attached hydrogens (tertiary/aromatic N) is 4. The zero-order valence-corrected chi connectivity index (χ0v) is 15.6. The zero-order chi connectivity index (χ0) is 18.1. The largest absolute Gasteiger partial charge is 0.262 e. The van der Waals surface area contributed by atoms with Crippen LogP contribution < -0.4 is 0 Å². The Bertz CT molecular complexity index is 1030. The van der Waals surface area contributed by atoms with Gasteiger partial charge >= 0.3 is 0 Å². The molecule has 1 N–H and O–H groups in total. The molecule has 0 spiro atoms. The second-order valence-corrected chi connectivity index (χ2v) is 7.66. The lowest BCUT2D eigenvalue weighted by Crippen LogP contribution is -1.93. The molecule has 0 radical (unpaired) electrons. The average molecular weight is 373 g/mol. The van der Waals surface area contributed by atoms with Crippen LogP contribution in [0.2, 0.25) is 0 Å². The molecule has 1 aliphatic carbocycles. The summed E-state index contributed by atoms with van der Waals surface area (Å²) in [5.74, 6) is 2.40. The second kappa shape index (κ2) is 7.04. The summed E-state index contributed by atoms with van der Waals surface area (Å²) >= 11 is 1.65. The van der Waals surface area contributed by atoms with Gasteiger partial charge in [0.1, 0.15) is 5.82 Å². The van der Waals surface area contributed by atoms with Crippen LogP contribution in [0.4, 0.5) is 0 Å². The first kappa shape index (κ1) is 16.3. The molecule has 27 heavy (non-hydrogen) atoms. The Balaban J connectivity index is 1.44. The Hall–Kier alpha value is -2.86. The highest BCUT2D eigenvalue weighted by Gasteiger charge is 2.27. The van der Waals surface area contributed by atoms with Crippen molar-refractivity contribution >= 4 is 11.8 Å². The fraction of sp³-hybridized carbons (Fsp3) is 0.190. The molecule has 5 nitrogen and oxygen atoms in total. The lowest BCUT2D eigenvalue weighted by molar-refractivity contribution is 0.884. The van der Waals surface area contributed by atoms with Gasteiger partial charge in [-0.05, 0) is 25.0 Å². The van der Waals surface area contributed by atoms with Crippen LogP contribution in [0.3, 0.4) is 0 Å². The minimum Gasteiger partial charge on any atom is -0.262 e. The molecule has 134 valence electrons. The molecular weight excluding hydrogens is 354 g/mol. The van der Waals surface area contributed by atoms with Crippen LogP contribution in [-0.2, 0) is 5.75 Å². The van der Waals surface area contributed by atoms with E-state index in [0.29, 0.717) is 5.92 Å². The molecule has 5 rings (SSSR count). The highest BCUT2D eigenvalue weighted by Crippen LogP contribution is 2.38. The van der Waals surface area contributed by atoms with Gasteiger partial charge < -0.3 is 0 Å². The van der Waals surface area contributed by atoms with Crippen molar-refractivity contribution < 1.29 is 0 Å². The van der Waals surface area contributed by atoms with E-state index in [1.54, 1.807) is 11.8 Å². The van der Waals surface area contributed by atoms with Gasteiger partial charge in [-0.25, -0.2) is 9.67 Å². The highest BCUT2D eigenvalue weighted by molar-refractivity contribution is 7.98. The van der Waals surface area contributed by atoms with E-state index in [0.717, 1.165) is 33.7 Å². The predicted octanol–water partition coefficient (Wildman–Crippen LogP) is 4.83. The standard InChI is InChI=1S/C21H19N5S/c1-3-7-15(8-4-1)19-17(13-26(25-19)18-9-5-2-6-10-18)14-27-21-22-20(23-24-21)16-11-12-16/h1-10,13,16H,11-12,14H2,(H,22,23,24). The van der Waals surface area contributed by atoms with Crippen LogP contribution in [0.1, 0.15) is 30.1 Å². The average Bonchev–Trinajstić information content (AvgIpc) is 3.32. The van der Waals surface area contributed by atoms with Gasteiger partial charge in [0.25, 0.3) is 0 Å². The molecule has 1 saturated carbocycles. The van der Waals surface area contributed by atoms with Crippen molar-refractivity contribution in [3.05, 3.63) is 78.2 Å². The molecule has 2 aromatic heterocycles. The molecule has 1 aliphatic rings. The monoisotopic (exact) mass is 373 g/mol. The van der Waals surface area contributed by atoms with Gasteiger partial charge in [-0.2, -0.15) is 5.10 Å². The van der Waals surface area contributed by atoms with Crippen LogP contribution in [0.5, 0.6) is 0 Å². The summed E-state index contributed by atoms with van der Waals surface area (Å²) in [4.78, 5) is 4.62. The Morgan fingerprint density at radius 3 is 2.48 bits per heavy atom. The van der Waals surface area contributed by atoms with Crippen molar-refractivity contribution in [2.24, 2.45) is 0 Å². The van der Waals surface area contributed by atoms with Crippen molar-refractivity contribution in [2.45, 2.75) is 29.7 Å². The first-order chi connectivity index (χ1) is 13.4. The van der Waals surface area contributed by atoms with Crippen molar-refractivity contribution in [1.82, 2.24) is 25.0 Å². The van der Waals surface area contributed by atoms with E-state index < -0.39 is 0 Å². The van der Waals surface area contributed by atoms with Gasteiger partial charge in [-0.1, -0.05) is 60.3 Å². The summed E-state index contributed by atoms with van der Waals surface area (Å²) in [6.07, 6.45) is 4.56. The number of H-pyrrole nitrogens is 1. The molecule has 0 bridgehead atoms. The molecule has 0 saturated heterocycles. The van der Waals surface area contributed by atoms with E-state index in [9.17, 15) is 0 Å². The first-order valence-electron chi connectivity index (χ1n) is 9.11. The van der Waals surface area contributed by atoms with Crippen LogP contribution in [0.25, 0.3) is 16.9 Å². The third-order valence-corrected chi connectivity index (χ3v) is 5.56. The summed E-state index contributed by atoms with van der Waals surface area (Å²) in [5.41, 5.74) is 4.36. The van der Waals surface area contributed by atoms with Crippen LogP contribution in [0.15, 0.2) is 72.0 Å². The minimum absolute atomic E-state index is 0.590. The highest BCUT2D eigenvalue weighted by atomic mass is 32.2. The van der Waals surface area contributed by atoms with E-state index in [-0.39, 0.29) is 0 Å². The van der Waals surface area contributed by atoms with E-state index in [1.165, 1.54) is 18.4 Å². The van der Waals surface area contributed by atoms with Crippen molar-refractivity contribution in [3.63, 3.8) is 0 Å². The number of nitrogens with one attached hydrogen (secondary N) is 1. The number of hydrogen-bond donors (Lipinski definition) is 1. The quantitative estimate of drug-likeness (QED) is 0.492. The number of para-hydroxylation sites is 1. The Morgan fingerprint density at radius 1 is 1.00 bits per heavy atom. The number of thioether (sulfide) groups is 1. The molecule has 0 unspecified atom stereocenters. The minimum atomic E-state index is 0.590. The van der Waals surface area contributed by atoms with Gasteiger partial charge in [0.05, 0.1) is 11.4 Å². The normalized spacial score (nSPS) is 13.8. The Labute approximate surface area is 161 Å². The second-order valence-electron chi connectivity index (χ2n) is 6.72. The SMILES string of the molecule is c1ccc(-c2nn(-c3ccccc3)cc2CSc2n[nH]c(C3CC3)n2)cc1. The molecule has 0 aliphatic heterocycles. The summed E-state index contributed by atoms with van der Waals surface area (Å²) in [5, 5.41) is 13.1. The lowest BCUT2D eigenvalue weighted by Gasteiger charge is -2.01. The van der Waals surface area contributed by atoms with Crippen molar-refractivity contribution in [1.29, 1.82) is 0 Å². The molecule has 1 fully saturated rings. The third-order valence-electron chi connectivity index (χ3n) is 4.66. The maximum atomic E-state index is 4.86. The van der Waals surface area contributed by atoms with Crippen LogP contribution in [-0.4, -0.2) is 25.0 Å². The fourth-order valence-electron chi connectivity index (χ4n) is 3.07. The van der Waals surface area contributed by atoms with E-state index >= 15 is 0 Å². The molecule has 4 aromatic rings. The number of aromatic nitrogens is 5. The maximum absolute atomic E-state index is 4.86. The maximum Gasteiger partial charge on any atom is 0.208 e. The topological polar surface area (TPSA) is 59.4 Å². The molecule has 2 aromatic carbocycles. The van der Waals surface area contributed by atoms with Gasteiger partial charge in [0.2, 0.25) is 5.16 Å². The number of hydrogen-bond acceptors (Lipinski definition) is 4. The third kappa shape index (κ3) is 3.53. The fourth-order valence-corrected chi connectivity index (χ4v) is 3.84. The summed E-state index contributed by atoms with van der Waals surface area (Å²) in [6.45, 7) is 0. The van der Waals surface area contributed by atoms with Crippen LogP contribution in [0, 0.1) is 0 Å². The Morgan fingerprint density at radius 2 is 1.74 bits per heavy atom. The molecule has 0 amide bonds. The lowest BCUT2D eigenvalue weighted by atomic mass is 10.1. The van der Waals surface area contributed by atoms with Gasteiger partial charge in [-0.3, -0.25) is 5.10 Å². The summed E-state index contributed by atoms with van der Waals surface area (Å²) in [6, 6.07) is 20.5. The molecule has 0 atom stereocenters. The van der Waals surface area contributed by atoms with Gasteiger partial charge in [-0.15, -0.1) is 5.10 Å². The molecular formula is C21H19N5S. The number of rotatable bonds is 6. The van der Waals surface area contributed by atoms with Gasteiger partial charge in [0.15, 0.2) is 0 Å². The summed E-state index contributed by atoms with van der Waals surface area (Å²) in [7, 11) is 0. The van der Waals surface area contributed by atoms with Crippen molar-refractivity contribution in [2.75, 3.05) is 0 Å². The number of benzene rings is 2. The summed E-state index contributed by atoms with van der Waals surface area (Å²) < 4.78 is 1.95. The molecule has 2 heterocycles. The zero-order valence-electron chi connectivity index (χ0n) is 14.7. The van der Waals surface area contributed by atoms with Crippen LogP contribution >= 0.6 is 11.8 Å². The Kier molecular flexibility index (Phi) is 4.26.